The van der Waals surface area contributed by atoms with Crippen LogP contribution >= 0.6 is 0 Å². The van der Waals surface area contributed by atoms with Crippen molar-refractivity contribution < 1.29 is 26.3 Å². The molecule has 0 bridgehead atoms. The van der Waals surface area contributed by atoms with Crippen LogP contribution < -0.4 is 5.32 Å². The van der Waals surface area contributed by atoms with Gasteiger partial charge in [-0.3, -0.25) is 4.90 Å². The van der Waals surface area contributed by atoms with E-state index in [2.05, 4.69) is 15.3 Å². The first-order valence-corrected chi connectivity index (χ1v) is 7.98. The molecular weight excluding hydrogens is 374 g/mol. The molecule has 10 heteroatoms. The van der Waals surface area contributed by atoms with Crippen LogP contribution in [0.5, 0.6) is 0 Å². The Labute approximate surface area is 152 Å². The van der Waals surface area contributed by atoms with Gasteiger partial charge in [-0.05, 0) is 12.6 Å². The maximum absolute atomic E-state index is 12.9. The highest BCUT2D eigenvalue weighted by atomic mass is 19.4. The highest BCUT2D eigenvalue weighted by molar-refractivity contribution is 5.26. The summed E-state index contributed by atoms with van der Waals surface area (Å²) in [4.78, 5) is 8.56. The number of benzene rings is 1. The van der Waals surface area contributed by atoms with E-state index in [1.54, 1.807) is 37.4 Å². The van der Waals surface area contributed by atoms with E-state index < -0.39 is 30.4 Å². The quantitative estimate of drug-likeness (QED) is 0.711. The maximum atomic E-state index is 12.9. The van der Waals surface area contributed by atoms with Gasteiger partial charge in [0.15, 0.2) is 0 Å². The second kappa shape index (κ2) is 8.55. The Hall–Kier alpha value is -2.36. The number of halogens is 6. The highest BCUT2D eigenvalue weighted by Crippen LogP contribution is 2.28. The summed E-state index contributed by atoms with van der Waals surface area (Å²) in [5, 5.41) is 2.58. The SMILES string of the molecule is CN(Cc1ccccc1)[C@H](CNc1ncc(C(F)(F)F)cn1)CC(F)(F)F. The van der Waals surface area contributed by atoms with E-state index in [1.165, 1.54) is 4.90 Å². The van der Waals surface area contributed by atoms with E-state index in [0.717, 1.165) is 5.56 Å². The van der Waals surface area contributed by atoms with Gasteiger partial charge >= 0.3 is 12.4 Å². The molecule has 0 saturated carbocycles. The average Bonchev–Trinajstić information content (AvgIpc) is 2.58. The molecule has 0 aliphatic rings. The lowest BCUT2D eigenvalue weighted by Crippen LogP contribution is -2.40. The van der Waals surface area contributed by atoms with Gasteiger partial charge in [-0.25, -0.2) is 9.97 Å². The normalized spacial score (nSPS) is 13.6. The van der Waals surface area contributed by atoms with Crippen LogP contribution in [0.4, 0.5) is 32.3 Å². The van der Waals surface area contributed by atoms with Crippen molar-refractivity contribution in [2.75, 3.05) is 18.9 Å². The lowest BCUT2D eigenvalue weighted by molar-refractivity contribution is -0.146. The number of rotatable bonds is 7. The topological polar surface area (TPSA) is 41.0 Å². The van der Waals surface area contributed by atoms with Gasteiger partial charge in [-0.15, -0.1) is 0 Å². The van der Waals surface area contributed by atoms with Crippen LogP contribution in [-0.4, -0.2) is 40.7 Å². The van der Waals surface area contributed by atoms with Crippen LogP contribution in [-0.2, 0) is 12.7 Å². The predicted molar refractivity (Wildman–Crippen MR) is 87.9 cm³/mol. The van der Waals surface area contributed by atoms with Crippen molar-refractivity contribution in [1.29, 1.82) is 0 Å². The summed E-state index contributed by atoms with van der Waals surface area (Å²) >= 11 is 0. The Morgan fingerprint density at radius 1 is 1.00 bits per heavy atom. The second-order valence-corrected chi connectivity index (χ2v) is 6.05. The molecule has 1 aromatic heterocycles. The van der Waals surface area contributed by atoms with Gasteiger partial charge in [0.2, 0.25) is 5.95 Å². The molecule has 0 amide bonds. The van der Waals surface area contributed by atoms with Gasteiger partial charge in [-0.2, -0.15) is 26.3 Å². The zero-order chi connectivity index (χ0) is 20.1. The summed E-state index contributed by atoms with van der Waals surface area (Å²) < 4.78 is 76.2. The van der Waals surface area contributed by atoms with E-state index in [0.29, 0.717) is 12.4 Å². The van der Waals surface area contributed by atoms with E-state index in [1.807, 2.05) is 0 Å². The lowest BCUT2D eigenvalue weighted by atomic mass is 10.1. The molecule has 0 unspecified atom stereocenters. The number of likely N-dealkylation sites (N-methyl/N-ethyl adjacent to an activating group) is 1. The minimum atomic E-state index is -4.58. The van der Waals surface area contributed by atoms with E-state index in [9.17, 15) is 26.3 Å². The third-order valence-electron chi connectivity index (χ3n) is 3.84. The maximum Gasteiger partial charge on any atom is 0.419 e. The zero-order valence-electron chi connectivity index (χ0n) is 14.3. The Balaban J connectivity index is 2.03. The van der Waals surface area contributed by atoms with Crippen LogP contribution in [0.15, 0.2) is 42.7 Å². The molecule has 1 heterocycles. The largest absolute Gasteiger partial charge is 0.419 e. The van der Waals surface area contributed by atoms with Crippen LogP contribution in [0.25, 0.3) is 0 Å². The van der Waals surface area contributed by atoms with Gasteiger partial charge in [0.05, 0.1) is 12.0 Å². The molecule has 0 aliphatic carbocycles. The van der Waals surface area contributed by atoms with Gasteiger partial charge in [0.1, 0.15) is 0 Å². The molecule has 0 radical (unpaired) electrons. The molecule has 2 aromatic rings. The third kappa shape index (κ3) is 7.05. The minimum Gasteiger partial charge on any atom is -0.353 e. The van der Waals surface area contributed by atoms with Crippen molar-refractivity contribution in [2.24, 2.45) is 0 Å². The second-order valence-electron chi connectivity index (χ2n) is 6.05. The van der Waals surface area contributed by atoms with Crippen LogP contribution in [0.3, 0.4) is 0 Å². The number of hydrogen-bond donors (Lipinski definition) is 1. The average molecular weight is 392 g/mol. The molecule has 0 fully saturated rings. The number of anilines is 1. The third-order valence-corrected chi connectivity index (χ3v) is 3.84. The van der Waals surface area contributed by atoms with Crippen molar-refractivity contribution in [3.05, 3.63) is 53.9 Å². The molecule has 27 heavy (non-hydrogen) atoms. The van der Waals surface area contributed by atoms with Gasteiger partial charge in [-0.1, -0.05) is 30.3 Å². The predicted octanol–water partition coefficient (Wildman–Crippen LogP) is 4.36. The number of nitrogens with zero attached hydrogens (tertiary/aromatic N) is 3. The molecule has 1 N–H and O–H groups in total. The van der Waals surface area contributed by atoms with Crippen molar-refractivity contribution in [2.45, 2.75) is 31.4 Å². The summed E-state index contributed by atoms with van der Waals surface area (Å²) in [5.74, 6) is -0.164. The minimum absolute atomic E-state index is 0.164. The zero-order valence-corrected chi connectivity index (χ0v) is 14.3. The molecular formula is C17H18F6N4. The first-order chi connectivity index (χ1) is 12.5. The van der Waals surface area contributed by atoms with Crippen molar-refractivity contribution in [3.63, 3.8) is 0 Å². The van der Waals surface area contributed by atoms with Crippen LogP contribution in [0, 0.1) is 0 Å². The number of hydrogen-bond acceptors (Lipinski definition) is 4. The molecule has 0 spiro atoms. The Morgan fingerprint density at radius 2 is 1.59 bits per heavy atom. The first-order valence-electron chi connectivity index (χ1n) is 7.98. The smallest absolute Gasteiger partial charge is 0.353 e. The van der Waals surface area contributed by atoms with Gasteiger partial charge in [0.25, 0.3) is 0 Å². The van der Waals surface area contributed by atoms with Gasteiger partial charge < -0.3 is 5.32 Å². The summed E-state index contributed by atoms with van der Waals surface area (Å²) in [6, 6.07) is 8.03. The fourth-order valence-corrected chi connectivity index (χ4v) is 2.43. The fourth-order valence-electron chi connectivity index (χ4n) is 2.43. The standard InChI is InChI=1S/C17H18F6N4/c1-27(11-12-5-3-2-4-6-12)14(7-16(18,19)20)10-26-15-24-8-13(9-25-15)17(21,22)23/h2-6,8-9,14H,7,10-11H2,1H3,(H,24,25,26)/t14-/m0/s1. The lowest BCUT2D eigenvalue weighted by Gasteiger charge is -2.29. The molecule has 4 nitrogen and oxygen atoms in total. The number of aromatic nitrogens is 2. The van der Waals surface area contributed by atoms with E-state index >= 15 is 0 Å². The summed E-state index contributed by atoms with van der Waals surface area (Å²) in [7, 11) is 1.55. The number of alkyl halides is 6. The van der Waals surface area contributed by atoms with Crippen molar-refractivity contribution in [1.82, 2.24) is 14.9 Å². The molecule has 2 rings (SSSR count). The number of nitrogens with one attached hydrogen (secondary N) is 1. The Morgan fingerprint density at radius 3 is 2.11 bits per heavy atom. The monoisotopic (exact) mass is 392 g/mol. The van der Waals surface area contributed by atoms with Crippen molar-refractivity contribution >= 4 is 5.95 Å². The molecule has 1 aromatic carbocycles. The molecule has 1 atom stereocenters. The van der Waals surface area contributed by atoms with E-state index in [4.69, 9.17) is 0 Å². The summed E-state index contributed by atoms with van der Waals surface area (Å²) in [6.45, 7) is 0.116. The Bertz CT molecular complexity index is 700. The molecule has 0 saturated heterocycles. The molecule has 0 aliphatic heterocycles. The molecule has 148 valence electrons. The summed E-state index contributed by atoms with van der Waals surface area (Å²) in [6.07, 6.45) is -8.88. The van der Waals surface area contributed by atoms with Crippen molar-refractivity contribution in [3.8, 4) is 0 Å². The first kappa shape index (κ1) is 20.9. The summed E-state index contributed by atoms with van der Waals surface area (Å²) in [5.41, 5.74) is -0.181. The highest BCUT2D eigenvalue weighted by Gasteiger charge is 2.34. The van der Waals surface area contributed by atoms with Crippen LogP contribution in [0.1, 0.15) is 17.5 Å². The van der Waals surface area contributed by atoms with E-state index in [-0.39, 0.29) is 19.0 Å². The van der Waals surface area contributed by atoms with Gasteiger partial charge in [0, 0.05) is 31.5 Å². The fraction of sp³-hybridized carbons (Fsp3) is 0.412. The Kier molecular flexibility index (Phi) is 6.63. The van der Waals surface area contributed by atoms with Crippen LogP contribution in [0.2, 0.25) is 0 Å².